The van der Waals surface area contributed by atoms with Crippen LogP contribution in [0.25, 0.3) is 16.5 Å². The van der Waals surface area contributed by atoms with E-state index < -0.39 is 0 Å². The van der Waals surface area contributed by atoms with Crippen LogP contribution in [-0.4, -0.2) is 44.0 Å². The van der Waals surface area contributed by atoms with E-state index in [9.17, 15) is 5.11 Å². The lowest BCUT2D eigenvalue weighted by atomic mass is 10.0. The highest BCUT2D eigenvalue weighted by molar-refractivity contribution is 5.81. The Morgan fingerprint density at radius 3 is 2.93 bits per heavy atom. The molecule has 1 aliphatic heterocycles. The molecule has 1 aromatic carbocycles. The highest BCUT2D eigenvalue weighted by Crippen LogP contribution is 2.24. The first-order valence-electron chi connectivity index (χ1n) is 9.68. The molecule has 0 unspecified atom stereocenters. The van der Waals surface area contributed by atoms with Crippen molar-refractivity contribution in [2.45, 2.75) is 39.0 Å². The number of benzene rings is 1. The standard InChI is InChI=1S/C22H26N4O/c1-2-21(27)16-26-15-20(13-24-26)17-8-11-25(12-9-17)14-19-6-3-5-18-7-4-10-23-22(18)19/h3-8,10,13,15,21,27H,2,9,11-12,14,16H2,1H3/t21-/m0/s1. The number of aromatic nitrogens is 3. The van der Waals surface area contributed by atoms with E-state index in [4.69, 9.17) is 0 Å². The highest BCUT2D eigenvalue weighted by atomic mass is 16.3. The maximum atomic E-state index is 9.79. The summed E-state index contributed by atoms with van der Waals surface area (Å²) in [6, 6.07) is 10.5. The molecular weight excluding hydrogens is 336 g/mol. The van der Waals surface area contributed by atoms with E-state index in [-0.39, 0.29) is 6.10 Å². The van der Waals surface area contributed by atoms with Crippen LogP contribution in [0.1, 0.15) is 30.9 Å². The first-order valence-corrected chi connectivity index (χ1v) is 9.68. The Morgan fingerprint density at radius 2 is 2.11 bits per heavy atom. The zero-order valence-corrected chi connectivity index (χ0v) is 15.8. The van der Waals surface area contributed by atoms with E-state index in [0.717, 1.165) is 38.0 Å². The minimum Gasteiger partial charge on any atom is -0.391 e. The van der Waals surface area contributed by atoms with Gasteiger partial charge in [0.2, 0.25) is 0 Å². The van der Waals surface area contributed by atoms with Crippen molar-refractivity contribution < 1.29 is 5.11 Å². The Hall–Kier alpha value is -2.50. The van der Waals surface area contributed by atoms with Gasteiger partial charge >= 0.3 is 0 Å². The van der Waals surface area contributed by atoms with E-state index in [2.05, 4.69) is 51.5 Å². The van der Waals surface area contributed by atoms with Crippen LogP contribution in [0.3, 0.4) is 0 Å². The van der Waals surface area contributed by atoms with Crippen molar-refractivity contribution in [2.24, 2.45) is 0 Å². The molecule has 0 saturated heterocycles. The molecule has 3 heterocycles. The van der Waals surface area contributed by atoms with Crippen molar-refractivity contribution >= 4 is 16.5 Å². The predicted molar refractivity (Wildman–Crippen MR) is 108 cm³/mol. The van der Waals surface area contributed by atoms with Crippen LogP contribution in [0.15, 0.2) is 55.0 Å². The van der Waals surface area contributed by atoms with E-state index in [1.54, 1.807) is 0 Å². The Morgan fingerprint density at radius 1 is 1.22 bits per heavy atom. The van der Waals surface area contributed by atoms with Crippen molar-refractivity contribution in [3.05, 3.63) is 66.1 Å². The number of pyridine rings is 1. The van der Waals surface area contributed by atoms with Crippen molar-refractivity contribution in [1.29, 1.82) is 0 Å². The number of aliphatic hydroxyl groups is 1. The third-order valence-corrected chi connectivity index (χ3v) is 5.28. The average Bonchev–Trinajstić information content (AvgIpc) is 3.17. The lowest BCUT2D eigenvalue weighted by Crippen LogP contribution is -2.28. The summed E-state index contributed by atoms with van der Waals surface area (Å²) < 4.78 is 1.85. The van der Waals surface area contributed by atoms with Gasteiger partial charge in [0, 0.05) is 43.0 Å². The third-order valence-electron chi connectivity index (χ3n) is 5.28. The summed E-state index contributed by atoms with van der Waals surface area (Å²) in [5.41, 5.74) is 4.90. The zero-order chi connectivity index (χ0) is 18.6. The molecule has 140 valence electrons. The molecule has 0 aliphatic carbocycles. The molecule has 0 amide bonds. The van der Waals surface area contributed by atoms with Crippen molar-refractivity contribution in [3.63, 3.8) is 0 Å². The van der Waals surface area contributed by atoms with Crippen LogP contribution in [0, 0.1) is 0 Å². The molecule has 2 aromatic heterocycles. The molecule has 0 spiro atoms. The van der Waals surface area contributed by atoms with Crippen LogP contribution in [-0.2, 0) is 13.1 Å². The molecule has 1 N–H and O–H groups in total. The minimum absolute atomic E-state index is 0.331. The molecule has 5 nitrogen and oxygen atoms in total. The number of aliphatic hydroxyl groups excluding tert-OH is 1. The van der Waals surface area contributed by atoms with E-state index in [0.29, 0.717) is 6.54 Å². The molecule has 5 heteroatoms. The molecule has 27 heavy (non-hydrogen) atoms. The number of nitrogens with zero attached hydrogens (tertiary/aromatic N) is 4. The number of hydrogen-bond acceptors (Lipinski definition) is 4. The smallest absolute Gasteiger partial charge is 0.0746 e. The number of para-hydroxylation sites is 1. The maximum Gasteiger partial charge on any atom is 0.0746 e. The average molecular weight is 362 g/mol. The Kier molecular flexibility index (Phi) is 5.32. The number of rotatable bonds is 6. The summed E-state index contributed by atoms with van der Waals surface area (Å²) in [5.74, 6) is 0. The monoisotopic (exact) mass is 362 g/mol. The summed E-state index contributed by atoms with van der Waals surface area (Å²) in [5, 5.41) is 15.4. The van der Waals surface area contributed by atoms with Gasteiger partial charge in [-0.15, -0.1) is 0 Å². The molecular formula is C22H26N4O. The second kappa shape index (κ2) is 8.03. The maximum absolute atomic E-state index is 9.79. The molecule has 1 aliphatic rings. The molecule has 0 saturated carbocycles. The Balaban J connectivity index is 1.43. The van der Waals surface area contributed by atoms with Gasteiger partial charge in [-0.1, -0.05) is 37.3 Å². The molecule has 0 bridgehead atoms. The first-order chi connectivity index (χ1) is 13.2. The number of fused-ring (bicyclic) bond motifs is 1. The Labute approximate surface area is 160 Å². The summed E-state index contributed by atoms with van der Waals surface area (Å²) >= 11 is 0. The molecule has 1 atom stereocenters. The minimum atomic E-state index is -0.331. The van der Waals surface area contributed by atoms with Crippen molar-refractivity contribution in [2.75, 3.05) is 13.1 Å². The van der Waals surface area contributed by atoms with Gasteiger partial charge in [-0.05, 0) is 30.0 Å². The molecule has 3 aromatic rings. The van der Waals surface area contributed by atoms with Crippen molar-refractivity contribution in [1.82, 2.24) is 19.7 Å². The SMILES string of the molecule is CC[C@H](O)Cn1cc(C2=CCN(Cc3cccc4cccnc34)CC2)cn1. The molecule has 4 rings (SSSR count). The van der Waals surface area contributed by atoms with Gasteiger partial charge in [-0.3, -0.25) is 14.6 Å². The van der Waals surface area contributed by atoms with E-state index in [1.165, 1.54) is 22.1 Å². The van der Waals surface area contributed by atoms with Crippen LogP contribution >= 0.6 is 0 Å². The summed E-state index contributed by atoms with van der Waals surface area (Å²) in [6.07, 6.45) is 9.57. The summed E-state index contributed by atoms with van der Waals surface area (Å²) in [7, 11) is 0. The first kappa shape index (κ1) is 17.9. The largest absolute Gasteiger partial charge is 0.391 e. The van der Waals surface area contributed by atoms with E-state index >= 15 is 0 Å². The van der Waals surface area contributed by atoms with Crippen LogP contribution in [0.2, 0.25) is 0 Å². The van der Waals surface area contributed by atoms with Crippen LogP contribution in [0.4, 0.5) is 0 Å². The molecule has 0 fully saturated rings. The van der Waals surface area contributed by atoms with Crippen LogP contribution < -0.4 is 0 Å². The van der Waals surface area contributed by atoms with Gasteiger partial charge in [0.05, 0.1) is 24.4 Å². The van der Waals surface area contributed by atoms with Crippen molar-refractivity contribution in [3.8, 4) is 0 Å². The quantitative estimate of drug-likeness (QED) is 0.729. The predicted octanol–water partition coefficient (Wildman–Crippen LogP) is 3.49. The number of hydrogen-bond donors (Lipinski definition) is 1. The fourth-order valence-electron chi connectivity index (χ4n) is 3.63. The van der Waals surface area contributed by atoms with Crippen LogP contribution in [0.5, 0.6) is 0 Å². The lowest BCUT2D eigenvalue weighted by Gasteiger charge is -2.26. The topological polar surface area (TPSA) is 54.2 Å². The zero-order valence-electron chi connectivity index (χ0n) is 15.8. The molecule has 0 radical (unpaired) electrons. The van der Waals surface area contributed by atoms with Gasteiger partial charge < -0.3 is 5.11 Å². The van der Waals surface area contributed by atoms with Gasteiger partial charge in [-0.25, -0.2) is 0 Å². The Bertz CT molecular complexity index is 941. The fourth-order valence-corrected chi connectivity index (χ4v) is 3.63. The summed E-state index contributed by atoms with van der Waals surface area (Å²) in [4.78, 5) is 7.03. The van der Waals surface area contributed by atoms with Gasteiger partial charge in [0.15, 0.2) is 0 Å². The lowest BCUT2D eigenvalue weighted by molar-refractivity contribution is 0.145. The van der Waals surface area contributed by atoms with Gasteiger partial charge in [-0.2, -0.15) is 5.10 Å². The van der Waals surface area contributed by atoms with Gasteiger partial charge in [0.25, 0.3) is 0 Å². The normalized spacial score (nSPS) is 16.4. The van der Waals surface area contributed by atoms with E-state index in [1.807, 2.05) is 30.1 Å². The second-order valence-electron chi connectivity index (χ2n) is 7.22. The third kappa shape index (κ3) is 4.10. The van der Waals surface area contributed by atoms with Gasteiger partial charge in [0.1, 0.15) is 0 Å². The fraction of sp³-hybridized carbons (Fsp3) is 0.364. The highest BCUT2D eigenvalue weighted by Gasteiger charge is 2.16. The second-order valence-corrected chi connectivity index (χ2v) is 7.22. The summed E-state index contributed by atoms with van der Waals surface area (Å²) in [6.45, 7) is 5.42.